The summed E-state index contributed by atoms with van der Waals surface area (Å²) in [5, 5.41) is 6.59. The highest BCUT2D eigenvalue weighted by atomic mass is 32.1. The number of ether oxygens (including phenoxy) is 2. The van der Waals surface area contributed by atoms with Crippen LogP contribution >= 0.6 is 12.2 Å². The van der Waals surface area contributed by atoms with Crippen LogP contribution in [0.3, 0.4) is 0 Å². The molecule has 6 heteroatoms. The van der Waals surface area contributed by atoms with Crippen molar-refractivity contribution in [3.63, 3.8) is 0 Å². The molecule has 0 saturated carbocycles. The molecule has 1 aromatic carbocycles. The maximum atomic E-state index is 13.6. The maximum absolute atomic E-state index is 13.6. The summed E-state index contributed by atoms with van der Waals surface area (Å²) < 4.78 is 23.4. The molecule has 0 aliphatic carbocycles. The van der Waals surface area contributed by atoms with Crippen LogP contribution in [-0.4, -0.2) is 32.5 Å². The number of hydrogen-bond acceptors (Lipinski definition) is 3. The van der Waals surface area contributed by atoms with Gasteiger partial charge in [0.15, 0.2) is 16.7 Å². The van der Waals surface area contributed by atoms with E-state index in [4.69, 9.17) is 21.7 Å². The van der Waals surface area contributed by atoms with Gasteiger partial charge in [-0.05, 0) is 36.8 Å². The summed E-state index contributed by atoms with van der Waals surface area (Å²) in [5.41, 5.74) is 0.800. The van der Waals surface area contributed by atoms with Gasteiger partial charge >= 0.3 is 0 Å². The van der Waals surface area contributed by atoms with Crippen molar-refractivity contribution >= 4 is 17.3 Å². The first-order valence-electron chi connectivity index (χ1n) is 5.95. The number of rotatable bonds is 6. The van der Waals surface area contributed by atoms with Crippen molar-refractivity contribution in [3.8, 4) is 5.75 Å². The fraction of sp³-hybridized carbons (Fsp3) is 0.462. The number of methoxy groups -OCH3 is 2. The zero-order chi connectivity index (χ0) is 14.3. The molecule has 19 heavy (non-hydrogen) atoms. The highest BCUT2D eigenvalue weighted by Crippen LogP contribution is 2.21. The normalized spacial score (nSPS) is 11.8. The van der Waals surface area contributed by atoms with E-state index in [0.717, 1.165) is 5.56 Å². The molecule has 0 aromatic heterocycles. The molecule has 0 bridgehead atoms. The topological polar surface area (TPSA) is 42.5 Å². The van der Waals surface area contributed by atoms with Crippen LogP contribution in [0.1, 0.15) is 18.5 Å². The van der Waals surface area contributed by atoms with Crippen molar-refractivity contribution in [1.82, 2.24) is 10.6 Å². The van der Waals surface area contributed by atoms with Gasteiger partial charge < -0.3 is 20.1 Å². The Kier molecular flexibility index (Phi) is 6.52. The third kappa shape index (κ3) is 5.00. The van der Waals surface area contributed by atoms with E-state index < -0.39 is 0 Å². The lowest BCUT2D eigenvalue weighted by Crippen LogP contribution is -2.38. The van der Waals surface area contributed by atoms with Gasteiger partial charge in [-0.3, -0.25) is 0 Å². The molecule has 4 nitrogen and oxygen atoms in total. The summed E-state index contributed by atoms with van der Waals surface area (Å²) in [6, 6.07) is 4.75. The van der Waals surface area contributed by atoms with Gasteiger partial charge in [0.2, 0.25) is 0 Å². The molecule has 0 aliphatic rings. The van der Waals surface area contributed by atoms with Gasteiger partial charge in [-0.25, -0.2) is 4.39 Å². The van der Waals surface area contributed by atoms with Gasteiger partial charge in [-0.2, -0.15) is 0 Å². The average Bonchev–Trinajstić information content (AvgIpc) is 2.38. The van der Waals surface area contributed by atoms with E-state index in [0.29, 0.717) is 18.3 Å². The van der Waals surface area contributed by atoms with E-state index in [1.807, 2.05) is 6.92 Å². The largest absolute Gasteiger partial charge is 0.494 e. The Morgan fingerprint density at radius 2 is 2.16 bits per heavy atom. The molecule has 0 amide bonds. The maximum Gasteiger partial charge on any atom is 0.166 e. The van der Waals surface area contributed by atoms with Crippen LogP contribution in [0.15, 0.2) is 18.2 Å². The Morgan fingerprint density at radius 3 is 2.74 bits per heavy atom. The highest BCUT2D eigenvalue weighted by molar-refractivity contribution is 7.80. The van der Waals surface area contributed by atoms with E-state index in [9.17, 15) is 4.39 Å². The summed E-state index contributed by atoms with van der Waals surface area (Å²) in [5.74, 6) is -0.149. The molecular formula is C13H19FN2O2S. The lowest BCUT2D eigenvalue weighted by atomic mass is 10.1. The van der Waals surface area contributed by atoms with Crippen LogP contribution in [0.4, 0.5) is 4.39 Å². The summed E-state index contributed by atoms with van der Waals surface area (Å²) in [6.07, 6.45) is 0. The fourth-order valence-electron chi connectivity index (χ4n) is 1.55. The Bertz CT molecular complexity index is 429. The molecule has 0 radical (unpaired) electrons. The van der Waals surface area contributed by atoms with Gasteiger partial charge in [0, 0.05) is 13.7 Å². The molecule has 1 rings (SSSR count). The Labute approximate surface area is 118 Å². The van der Waals surface area contributed by atoms with Crippen molar-refractivity contribution in [3.05, 3.63) is 29.6 Å². The van der Waals surface area contributed by atoms with Crippen molar-refractivity contribution < 1.29 is 13.9 Å². The molecule has 0 saturated heterocycles. The van der Waals surface area contributed by atoms with E-state index >= 15 is 0 Å². The molecule has 0 heterocycles. The summed E-state index contributed by atoms with van der Waals surface area (Å²) >= 11 is 5.13. The molecule has 106 valence electrons. The predicted molar refractivity (Wildman–Crippen MR) is 77.0 cm³/mol. The van der Waals surface area contributed by atoms with Crippen LogP contribution in [0.5, 0.6) is 5.75 Å². The van der Waals surface area contributed by atoms with Crippen molar-refractivity contribution in [2.45, 2.75) is 13.0 Å². The molecule has 0 spiro atoms. The number of thiocarbonyl (C=S) groups is 1. The predicted octanol–water partition coefficient (Wildman–Crippen LogP) is 2.01. The molecule has 0 unspecified atom stereocenters. The van der Waals surface area contributed by atoms with Gasteiger partial charge in [0.1, 0.15) is 0 Å². The van der Waals surface area contributed by atoms with Crippen LogP contribution in [0.2, 0.25) is 0 Å². The second-order valence-electron chi connectivity index (χ2n) is 4.01. The summed E-state index contributed by atoms with van der Waals surface area (Å²) in [6.45, 7) is 3.12. The van der Waals surface area contributed by atoms with E-state index in [-0.39, 0.29) is 17.6 Å². The molecule has 1 atom stereocenters. The minimum atomic E-state index is -0.382. The smallest absolute Gasteiger partial charge is 0.166 e. The van der Waals surface area contributed by atoms with Crippen LogP contribution in [-0.2, 0) is 4.74 Å². The molecule has 1 aromatic rings. The van der Waals surface area contributed by atoms with Crippen LogP contribution in [0.25, 0.3) is 0 Å². The fourth-order valence-corrected chi connectivity index (χ4v) is 1.83. The average molecular weight is 286 g/mol. The number of nitrogens with one attached hydrogen (secondary N) is 2. The SMILES string of the molecule is COCCNC(=S)N[C@@H](C)c1ccc(OC)c(F)c1. The van der Waals surface area contributed by atoms with Gasteiger partial charge in [-0.1, -0.05) is 6.07 Å². The summed E-state index contributed by atoms with van der Waals surface area (Å²) in [4.78, 5) is 0. The first-order chi connectivity index (χ1) is 9.08. The van der Waals surface area contributed by atoms with Gasteiger partial charge in [0.05, 0.1) is 19.8 Å². The first-order valence-corrected chi connectivity index (χ1v) is 6.36. The molecule has 2 N–H and O–H groups in total. The quantitative estimate of drug-likeness (QED) is 0.618. The van der Waals surface area contributed by atoms with Crippen molar-refractivity contribution in [2.24, 2.45) is 0 Å². The van der Waals surface area contributed by atoms with Crippen molar-refractivity contribution in [1.29, 1.82) is 0 Å². The monoisotopic (exact) mass is 286 g/mol. The third-order valence-corrected chi connectivity index (χ3v) is 2.88. The molecule has 0 aliphatic heterocycles. The van der Waals surface area contributed by atoms with E-state index in [1.165, 1.54) is 13.2 Å². The number of hydrogen-bond donors (Lipinski definition) is 2. The Morgan fingerprint density at radius 1 is 1.42 bits per heavy atom. The highest BCUT2D eigenvalue weighted by Gasteiger charge is 2.10. The number of benzene rings is 1. The number of halogens is 1. The molecular weight excluding hydrogens is 267 g/mol. The van der Waals surface area contributed by atoms with Gasteiger partial charge in [-0.15, -0.1) is 0 Å². The van der Waals surface area contributed by atoms with Crippen LogP contribution in [0, 0.1) is 5.82 Å². The zero-order valence-electron chi connectivity index (χ0n) is 11.3. The van der Waals surface area contributed by atoms with E-state index in [1.54, 1.807) is 19.2 Å². The van der Waals surface area contributed by atoms with Crippen molar-refractivity contribution in [2.75, 3.05) is 27.4 Å². The van der Waals surface area contributed by atoms with E-state index in [2.05, 4.69) is 10.6 Å². The van der Waals surface area contributed by atoms with Crippen LogP contribution < -0.4 is 15.4 Å². The Balaban J connectivity index is 2.55. The third-order valence-electron chi connectivity index (χ3n) is 2.62. The zero-order valence-corrected chi connectivity index (χ0v) is 12.1. The standard InChI is InChI=1S/C13H19FN2O2S/c1-9(16-13(19)15-6-7-17-2)10-4-5-12(18-3)11(14)8-10/h4-5,8-9H,6-7H2,1-3H3,(H2,15,16,19)/t9-/m0/s1. The molecule has 0 fully saturated rings. The minimum Gasteiger partial charge on any atom is -0.494 e. The lowest BCUT2D eigenvalue weighted by molar-refractivity contribution is 0.204. The second-order valence-corrected chi connectivity index (χ2v) is 4.42. The summed E-state index contributed by atoms with van der Waals surface area (Å²) in [7, 11) is 3.07. The minimum absolute atomic E-state index is 0.0945. The Hall–Kier alpha value is -1.40. The lowest BCUT2D eigenvalue weighted by Gasteiger charge is -2.17. The van der Waals surface area contributed by atoms with Gasteiger partial charge in [0.25, 0.3) is 0 Å². The second kappa shape index (κ2) is 7.91. The first kappa shape index (κ1) is 15.7.